The van der Waals surface area contributed by atoms with E-state index in [1.807, 2.05) is 12.1 Å². The zero-order valence-corrected chi connectivity index (χ0v) is 13.0. The van der Waals surface area contributed by atoms with Crippen molar-refractivity contribution in [3.05, 3.63) is 47.1 Å². The van der Waals surface area contributed by atoms with Gasteiger partial charge in [-0.15, -0.1) is 0 Å². The van der Waals surface area contributed by atoms with Crippen LogP contribution in [-0.2, 0) is 0 Å². The van der Waals surface area contributed by atoms with Gasteiger partial charge in [-0.2, -0.15) is 0 Å². The standard InChI is InChI=1S/C15H15BrN2O3/c16-14-4-3-13(21-14)15(19)18-9-1-2-12(10-18)20-11-5-7-17-8-6-11/h3-8,12H,1-2,9-10H2. The fourth-order valence-corrected chi connectivity index (χ4v) is 2.72. The van der Waals surface area contributed by atoms with Crippen molar-refractivity contribution < 1.29 is 13.9 Å². The van der Waals surface area contributed by atoms with Gasteiger partial charge >= 0.3 is 0 Å². The lowest BCUT2D eigenvalue weighted by atomic mass is 10.1. The molecule has 0 radical (unpaired) electrons. The van der Waals surface area contributed by atoms with E-state index in [-0.39, 0.29) is 12.0 Å². The average Bonchev–Trinajstić information content (AvgIpc) is 2.94. The van der Waals surface area contributed by atoms with Crippen LogP contribution < -0.4 is 4.74 Å². The summed E-state index contributed by atoms with van der Waals surface area (Å²) in [6.45, 7) is 1.30. The van der Waals surface area contributed by atoms with Gasteiger partial charge in [-0.25, -0.2) is 0 Å². The Bertz CT molecular complexity index is 614. The Morgan fingerprint density at radius 2 is 2.14 bits per heavy atom. The maximum absolute atomic E-state index is 12.4. The molecule has 0 aromatic carbocycles. The lowest BCUT2D eigenvalue weighted by molar-refractivity contribution is 0.0509. The van der Waals surface area contributed by atoms with Gasteiger partial charge in [0.15, 0.2) is 10.4 Å². The Morgan fingerprint density at radius 1 is 1.33 bits per heavy atom. The van der Waals surface area contributed by atoms with Crippen molar-refractivity contribution >= 4 is 21.8 Å². The Hall–Kier alpha value is -1.82. The number of amides is 1. The minimum absolute atomic E-state index is 0.00324. The Kier molecular flexibility index (Phi) is 4.24. The van der Waals surface area contributed by atoms with Gasteiger partial charge in [-0.05, 0) is 53.0 Å². The summed E-state index contributed by atoms with van der Waals surface area (Å²) in [5.74, 6) is 1.04. The first-order valence-electron chi connectivity index (χ1n) is 6.83. The molecule has 1 aliphatic heterocycles. The minimum atomic E-state index is -0.0938. The molecular weight excluding hydrogens is 336 g/mol. The highest BCUT2D eigenvalue weighted by Crippen LogP contribution is 2.21. The number of nitrogens with zero attached hydrogens (tertiary/aromatic N) is 2. The minimum Gasteiger partial charge on any atom is -0.488 e. The summed E-state index contributed by atoms with van der Waals surface area (Å²) in [6.07, 6.45) is 5.25. The maximum atomic E-state index is 12.4. The van der Waals surface area contributed by atoms with E-state index in [9.17, 15) is 4.79 Å². The third kappa shape index (κ3) is 3.44. The van der Waals surface area contributed by atoms with Crippen LogP contribution in [0.2, 0.25) is 0 Å². The summed E-state index contributed by atoms with van der Waals surface area (Å²) in [5, 5.41) is 0. The zero-order valence-electron chi connectivity index (χ0n) is 11.4. The molecule has 0 N–H and O–H groups in total. The fraction of sp³-hybridized carbons (Fsp3) is 0.333. The third-order valence-electron chi connectivity index (χ3n) is 3.40. The SMILES string of the molecule is O=C(c1ccc(Br)o1)N1CCCC(Oc2ccncc2)C1. The van der Waals surface area contributed by atoms with E-state index in [0.717, 1.165) is 25.1 Å². The van der Waals surface area contributed by atoms with Crippen LogP contribution in [-0.4, -0.2) is 35.0 Å². The number of furan rings is 1. The predicted molar refractivity (Wildman–Crippen MR) is 80.2 cm³/mol. The number of hydrogen-bond donors (Lipinski definition) is 0. The summed E-state index contributed by atoms with van der Waals surface area (Å²) in [5.41, 5.74) is 0. The van der Waals surface area contributed by atoms with Crippen LogP contribution >= 0.6 is 15.9 Å². The van der Waals surface area contributed by atoms with Gasteiger partial charge in [0.2, 0.25) is 0 Å². The Balaban J connectivity index is 1.64. The molecular formula is C15H15BrN2O3. The molecule has 1 unspecified atom stereocenters. The van der Waals surface area contributed by atoms with Crippen molar-refractivity contribution in [3.63, 3.8) is 0 Å². The zero-order chi connectivity index (χ0) is 14.7. The second kappa shape index (κ2) is 6.30. The molecule has 2 aromatic heterocycles. The predicted octanol–water partition coefficient (Wildman–Crippen LogP) is 3.12. The van der Waals surface area contributed by atoms with Crippen molar-refractivity contribution in [3.8, 4) is 5.75 Å². The summed E-state index contributed by atoms with van der Waals surface area (Å²) in [4.78, 5) is 18.1. The van der Waals surface area contributed by atoms with Gasteiger partial charge in [0.25, 0.3) is 5.91 Å². The van der Waals surface area contributed by atoms with Crippen molar-refractivity contribution in [2.45, 2.75) is 18.9 Å². The maximum Gasteiger partial charge on any atom is 0.289 e. The molecule has 21 heavy (non-hydrogen) atoms. The van der Waals surface area contributed by atoms with E-state index >= 15 is 0 Å². The number of carbonyl (C=O) groups is 1. The normalized spacial score (nSPS) is 18.5. The second-order valence-corrected chi connectivity index (χ2v) is 5.70. The molecule has 0 saturated carbocycles. The van der Waals surface area contributed by atoms with Crippen molar-refractivity contribution in [1.29, 1.82) is 0 Å². The third-order valence-corrected chi connectivity index (χ3v) is 3.83. The van der Waals surface area contributed by atoms with Crippen molar-refractivity contribution in [2.24, 2.45) is 0 Å². The fourth-order valence-electron chi connectivity index (χ4n) is 2.41. The van der Waals surface area contributed by atoms with Crippen LogP contribution in [0.5, 0.6) is 5.75 Å². The van der Waals surface area contributed by atoms with Gasteiger partial charge in [0, 0.05) is 18.9 Å². The molecule has 1 amide bonds. The van der Waals surface area contributed by atoms with Gasteiger partial charge in [-0.3, -0.25) is 9.78 Å². The highest BCUT2D eigenvalue weighted by molar-refractivity contribution is 9.10. The van der Waals surface area contributed by atoms with Crippen LogP contribution in [0.25, 0.3) is 0 Å². The number of hydrogen-bond acceptors (Lipinski definition) is 4. The Morgan fingerprint density at radius 3 is 2.86 bits per heavy atom. The van der Waals surface area contributed by atoms with E-state index in [0.29, 0.717) is 17.0 Å². The first-order chi connectivity index (χ1) is 10.2. The van der Waals surface area contributed by atoms with Crippen LogP contribution in [0, 0.1) is 0 Å². The number of rotatable bonds is 3. The Labute approximate surface area is 131 Å². The average molecular weight is 351 g/mol. The molecule has 0 bridgehead atoms. The monoisotopic (exact) mass is 350 g/mol. The smallest absolute Gasteiger partial charge is 0.289 e. The number of carbonyl (C=O) groups excluding carboxylic acids is 1. The van der Waals surface area contributed by atoms with E-state index < -0.39 is 0 Å². The van der Waals surface area contributed by atoms with Gasteiger partial charge in [-0.1, -0.05) is 0 Å². The lowest BCUT2D eigenvalue weighted by Gasteiger charge is -2.32. The molecule has 6 heteroatoms. The van der Waals surface area contributed by atoms with Crippen LogP contribution in [0.1, 0.15) is 23.4 Å². The molecule has 2 aromatic rings. The van der Waals surface area contributed by atoms with Crippen LogP contribution in [0.15, 0.2) is 45.7 Å². The molecule has 1 saturated heterocycles. The van der Waals surface area contributed by atoms with E-state index in [1.165, 1.54) is 0 Å². The molecule has 5 nitrogen and oxygen atoms in total. The molecule has 1 atom stereocenters. The lowest BCUT2D eigenvalue weighted by Crippen LogP contribution is -2.44. The largest absolute Gasteiger partial charge is 0.488 e. The molecule has 1 aliphatic rings. The van der Waals surface area contributed by atoms with Crippen molar-refractivity contribution in [1.82, 2.24) is 9.88 Å². The first kappa shape index (κ1) is 14.1. The number of aromatic nitrogens is 1. The number of ether oxygens (including phenoxy) is 1. The summed E-state index contributed by atoms with van der Waals surface area (Å²) < 4.78 is 11.8. The second-order valence-electron chi connectivity index (χ2n) is 4.92. The van der Waals surface area contributed by atoms with E-state index in [1.54, 1.807) is 29.4 Å². The van der Waals surface area contributed by atoms with Gasteiger partial charge in [0.1, 0.15) is 11.9 Å². The molecule has 1 fully saturated rings. The number of halogens is 1. The number of pyridine rings is 1. The molecule has 110 valence electrons. The number of piperidine rings is 1. The number of likely N-dealkylation sites (tertiary alicyclic amines) is 1. The summed E-state index contributed by atoms with van der Waals surface area (Å²) in [7, 11) is 0. The summed E-state index contributed by atoms with van der Waals surface area (Å²) >= 11 is 3.21. The van der Waals surface area contributed by atoms with Crippen LogP contribution in [0.4, 0.5) is 0 Å². The van der Waals surface area contributed by atoms with E-state index in [4.69, 9.17) is 9.15 Å². The highest BCUT2D eigenvalue weighted by Gasteiger charge is 2.27. The van der Waals surface area contributed by atoms with E-state index in [2.05, 4.69) is 20.9 Å². The van der Waals surface area contributed by atoms with Crippen LogP contribution in [0.3, 0.4) is 0 Å². The first-order valence-corrected chi connectivity index (χ1v) is 7.63. The quantitative estimate of drug-likeness (QED) is 0.853. The summed E-state index contributed by atoms with van der Waals surface area (Å²) in [6, 6.07) is 7.05. The molecule has 3 rings (SSSR count). The molecule has 0 aliphatic carbocycles. The topological polar surface area (TPSA) is 55.6 Å². The van der Waals surface area contributed by atoms with Gasteiger partial charge < -0.3 is 14.1 Å². The highest BCUT2D eigenvalue weighted by atomic mass is 79.9. The van der Waals surface area contributed by atoms with Gasteiger partial charge in [0.05, 0.1) is 6.54 Å². The molecule has 3 heterocycles. The molecule has 0 spiro atoms. The van der Waals surface area contributed by atoms with Crippen molar-refractivity contribution in [2.75, 3.05) is 13.1 Å².